The molecule has 106 valence electrons. The molecule has 0 spiro atoms. The third kappa shape index (κ3) is 3.12. The molecule has 1 unspecified atom stereocenters. The van der Waals surface area contributed by atoms with Crippen molar-refractivity contribution in [1.82, 2.24) is 15.4 Å². The number of nitrogens with two attached hydrogens (primary N) is 1. The lowest BCUT2D eigenvalue weighted by Crippen LogP contribution is -2.29. The van der Waals surface area contributed by atoms with Crippen molar-refractivity contribution in [3.63, 3.8) is 0 Å². The number of aryl methyl sites for hydroxylation is 1. The monoisotopic (exact) mass is 282 g/mol. The zero-order chi connectivity index (χ0) is 14.8. The van der Waals surface area contributed by atoms with E-state index in [0.29, 0.717) is 17.0 Å². The Morgan fingerprint density at radius 3 is 2.50 bits per heavy atom. The molecule has 3 N–H and O–H groups in total. The van der Waals surface area contributed by atoms with Crippen molar-refractivity contribution in [2.24, 2.45) is 5.84 Å². The van der Waals surface area contributed by atoms with Crippen molar-refractivity contribution in [2.45, 2.75) is 19.1 Å². The van der Waals surface area contributed by atoms with E-state index < -0.39 is 17.8 Å². The van der Waals surface area contributed by atoms with Crippen molar-refractivity contribution in [3.05, 3.63) is 59.2 Å². The molecule has 20 heavy (non-hydrogen) atoms. The van der Waals surface area contributed by atoms with E-state index in [1.54, 1.807) is 13.0 Å². The lowest BCUT2D eigenvalue weighted by Gasteiger charge is -2.17. The standard InChI is InChI=1S/C13H13F3N4/c1-8-6-19-11(7-18-8)12(20-17)9-3-2-4-10(5-9)13(14,15)16/h2-7,12,20H,17H2,1H3. The third-order valence-corrected chi connectivity index (χ3v) is 2.81. The molecule has 0 saturated heterocycles. The lowest BCUT2D eigenvalue weighted by atomic mass is 10.0. The normalized spacial score (nSPS) is 13.2. The molecule has 1 heterocycles. The minimum absolute atomic E-state index is 0.375. The molecule has 2 aromatic rings. The van der Waals surface area contributed by atoms with Crippen LogP contribution in [-0.4, -0.2) is 9.97 Å². The van der Waals surface area contributed by atoms with Crippen LogP contribution in [0.2, 0.25) is 0 Å². The summed E-state index contributed by atoms with van der Waals surface area (Å²) in [6, 6.07) is 4.31. The first-order valence-corrected chi connectivity index (χ1v) is 5.83. The van der Waals surface area contributed by atoms with E-state index in [-0.39, 0.29) is 0 Å². The highest BCUT2D eigenvalue weighted by Gasteiger charge is 2.31. The minimum Gasteiger partial charge on any atom is -0.271 e. The van der Waals surface area contributed by atoms with E-state index in [9.17, 15) is 13.2 Å². The Labute approximate surface area is 113 Å². The predicted molar refractivity (Wildman–Crippen MR) is 67.4 cm³/mol. The first-order valence-electron chi connectivity index (χ1n) is 5.83. The number of hydrogen-bond acceptors (Lipinski definition) is 4. The van der Waals surface area contributed by atoms with Gasteiger partial charge in [0.15, 0.2) is 0 Å². The van der Waals surface area contributed by atoms with E-state index in [4.69, 9.17) is 5.84 Å². The summed E-state index contributed by atoms with van der Waals surface area (Å²) in [5, 5.41) is 0. The van der Waals surface area contributed by atoms with Gasteiger partial charge >= 0.3 is 6.18 Å². The molecule has 1 aromatic heterocycles. The van der Waals surface area contributed by atoms with Gasteiger partial charge in [-0.25, -0.2) is 5.43 Å². The summed E-state index contributed by atoms with van der Waals surface area (Å²) in [4.78, 5) is 8.20. The zero-order valence-electron chi connectivity index (χ0n) is 10.6. The van der Waals surface area contributed by atoms with E-state index >= 15 is 0 Å². The topological polar surface area (TPSA) is 63.8 Å². The molecular formula is C13H13F3N4. The van der Waals surface area contributed by atoms with E-state index in [0.717, 1.165) is 12.1 Å². The Morgan fingerprint density at radius 2 is 1.95 bits per heavy atom. The number of nitrogens with zero attached hydrogens (tertiary/aromatic N) is 2. The number of hydrogen-bond donors (Lipinski definition) is 2. The number of rotatable bonds is 3. The molecule has 0 amide bonds. The van der Waals surface area contributed by atoms with Gasteiger partial charge in [0.2, 0.25) is 0 Å². The molecule has 0 aliphatic heterocycles. The van der Waals surface area contributed by atoms with Gasteiger partial charge < -0.3 is 0 Å². The Bertz CT molecular complexity index is 581. The van der Waals surface area contributed by atoms with E-state index in [1.807, 2.05) is 0 Å². The molecule has 0 saturated carbocycles. The number of nitrogens with one attached hydrogen (secondary N) is 1. The molecule has 1 aromatic carbocycles. The van der Waals surface area contributed by atoms with Crippen LogP contribution < -0.4 is 11.3 Å². The largest absolute Gasteiger partial charge is 0.416 e. The van der Waals surface area contributed by atoms with Gasteiger partial charge in [-0.15, -0.1) is 0 Å². The Morgan fingerprint density at radius 1 is 1.20 bits per heavy atom. The average molecular weight is 282 g/mol. The fourth-order valence-electron chi connectivity index (χ4n) is 1.80. The minimum atomic E-state index is -4.39. The first-order chi connectivity index (χ1) is 9.41. The maximum atomic E-state index is 12.7. The zero-order valence-corrected chi connectivity index (χ0v) is 10.6. The second-order valence-electron chi connectivity index (χ2n) is 4.31. The van der Waals surface area contributed by atoms with Gasteiger partial charge in [-0.3, -0.25) is 15.8 Å². The van der Waals surface area contributed by atoms with E-state index in [2.05, 4.69) is 15.4 Å². The number of halogens is 3. The number of hydrazine groups is 1. The molecule has 7 heteroatoms. The Hall–Kier alpha value is -1.99. The number of aromatic nitrogens is 2. The van der Waals surface area contributed by atoms with Crippen LogP contribution in [0, 0.1) is 6.92 Å². The van der Waals surface area contributed by atoms with Gasteiger partial charge in [-0.1, -0.05) is 12.1 Å². The number of benzene rings is 1. The van der Waals surface area contributed by atoms with Crippen molar-refractivity contribution >= 4 is 0 Å². The smallest absolute Gasteiger partial charge is 0.271 e. The maximum absolute atomic E-state index is 12.7. The second kappa shape index (κ2) is 5.56. The molecule has 0 fully saturated rings. The highest BCUT2D eigenvalue weighted by atomic mass is 19.4. The average Bonchev–Trinajstić information content (AvgIpc) is 2.41. The molecule has 0 radical (unpaired) electrons. The summed E-state index contributed by atoms with van der Waals surface area (Å²) in [5.41, 5.74) is 3.28. The van der Waals surface area contributed by atoms with E-state index in [1.165, 1.54) is 18.5 Å². The van der Waals surface area contributed by atoms with Gasteiger partial charge in [-0.2, -0.15) is 13.2 Å². The van der Waals surface area contributed by atoms with Crippen molar-refractivity contribution in [1.29, 1.82) is 0 Å². The Kier molecular flexibility index (Phi) is 4.01. The third-order valence-electron chi connectivity index (χ3n) is 2.81. The quantitative estimate of drug-likeness (QED) is 0.670. The Balaban J connectivity index is 2.39. The van der Waals surface area contributed by atoms with Crippen molar-refractivity contribution < 1.29 is 13.2 Å². The molecule has 1 atom stereocenters. The van der Waals surface area contributed by atoms with Crippen LogP contribution in [-0.2, 0) is 6.18 Å². The maximum Gasteiger partial charge on any atom is 0.416 e. The van der Waals surface area contributed by atoms with Gasteiger partial charge in [-0.05, 0) is 24.6 Å². The van der Waals surface area contributed by atoms with Gasteiger partial charge in [0.25, 0.3) is 0 Å². The summed E-state index contributed by atoms with van der Waals surface area (Å²) in [6.45, 7) is 1.77. The van der Waals surface area contributed by atoms with Gasteiger partial charge in [0.05, 0.1) is 29.2 Å². The van der Waals surface area contributed by atoms with Crippen LogP contribution in [0.1, 0.15) is 28.6 Å². The van der Waals surface area contributed by atoms with Crippen LogP contribution in [0.25, 0.3) is 0 Å². The van der Waals surface area contributed by atoms with Gasteiger partial charge in [0.1, 0.15) is 0 Å². The summed E-state index contributed by atoms with van der Waals surface area (Å²) in [7, 11) is 0. The molecular weight excluding hydrogens is 269 g/mol. The molecule has 0 aliphatic carbocycles. The predicted octanol–water partition coefficient (Wildman–Crippen LogP) is 2.36. The second-order valence-corrected chi connectivity index (χ2v) is 4.31. The van der Waals surface area contributed by atoms with Crippen molar-refractivity contribution in [2.75, 3.05) is 0 Å². The molecule has 0 bridgehead atoms. The lowest BCUT2D eigenvalue weighted by molar-refractivity contribution is -0.137. The van der Waals surface area contributed by atoms with Crippen LogP contribution in [0.15, 0.2) is 36.7 Å². The van der Waals surface area contributed by atoms with Crippen LogP contribution in [0.4, 0.5) is 13.2 Å². The highest BCUT2D eigenvalue weighted by molar-refractivity contribution is 5.32. The van der Waals surface area contributed by atoms with Gasteiger partial charge in [0, 0.05) is 6.20 Å². The van der Waals surface area contributed by atoms with Crippen molar-refractivity contribution in [3.8, 4) is 0 Å². The summed E-state index contributed by atoms with van der Waals surface area (Å²) in [5.74, 6) is 5.43. The SMILES string of the molecule is Cc1cnc(C(NN)c2cccc(C(F)(F)F)c2)cn1. The first kappa shape index (κ1) is 14.4. The molecule has 4 nitrogen and oxygen atoms in total. The van der Waals surface area contributed by atoms with Crippen LogP contribution in [0.3, 0.4) is 0 Å². The fraction of sp³-hybridized carbons (Fsp3) is 0.231. The number of alkyl halides is 3. The highest BCUT2D eigenvalue weighted by Crippen LogP contribution is 2.31. The molecule has 2 rings (SSSR count). The molecule has 0 aliphatic rings. The summed E-state index contributed by atoms with van der Waals surface area (Å²) >= 11 is 0. The van der Waals surface area contributed by atoms with Crippen LogP contribution in [0.5, 0.6) is 0 Å². The van der Waals surface area contributed by atoms with Crippen LogP contribution >= 0.6 is 0 Å². The summed E-state index contributed by atoms with van der Waals surface area (Å²) < 4.78 is 38.1. The summed E-state index contributed by atoms with van der Waals surface area (Å²) in [6.07, 6.45) is -1.37. The fourth-order valence-corrected chi connectivity index (χ4v) is 1.80.